The Hall–Kier alpha value is -0.570. The molecule has 73 valence electrons. The molecule has 3 saturated heterocycles. The first-order valence-corrected chi connectivity index (χ1v) is 4.80. The minimum atomic E-state index is -0.0671. The lowest BCUT2D eigenvalue weighted by molar-refractivity contribution is -0.189. The summed E-state index contributed by atoms with van der Waals surface area (Å²) in [7, 11) is 0. The molecule has 2 atom stereocenters. The third-order valence-electron chi connectivity index (χ3n) is 3.08. The summed E-state index contributed by atoms with van der Waals surface area (Å²) in [6.45, 7) is 9.13. The summed E-state index contributed by atoms with van der Waals surface area (Å²) in [6.07, 6.45) is 1.09. The second kappa shape index (κ2) is 2.71. The standard InChI is InChI=1S/C10H16NO2/c1-4-11-6-7-5-10(2,3)8(11)9(12)13-7/h4,7-8H,5-6H2,1-3H3. The van der Waals surface area contributed by atoms with Crippen LogP contribution in [0.4, 0.5) is 0 Å². The van der Waals surface area contributed by atoms with Crippen LogP contribution in [0.15, 0.2) is 0 Å². The Bertz CT molecular complexity index is 237. The third-order valence-corrected chi connectivity index (χ3v) is 3.08. The summed E-state index contributed by atoms with van der Waals surface area (Å²) >= 11 is 0. The van der Waals surface area contributed by atoms with Gasteiger partial charge in [0.1, 0.15) is 12.1 Å². The minimum absolute atomic E-state index is 0.0504. The van der Waals surface area contributed by atoms with Crippen molar-refractivity contribution in [1.82, 2.24) is 4.90 Å². The van der Waals surface area contributed by atoms with E-state index in [4.69, 9.17) is 4.74 Å². The molecule has 3 heteroatoms. The molecule has 0 N–H and O–H groups in total. The predicted molar refractivity (Wildman–Crippen MR) is 48.7 cm³/mol. The molecule has 3 fully saturated rings. The van der Waals surface area contributed by atoms with Crippen LogP contribution in [-0.4, -0.2) is 29.6 Å². The van der Waals surface area contributed by atoms with Crippen molar-refractivity contribution in [2.24, 2.45) is 5.41 Å². The molecule has 3 nitrogen and oxygen atoms in total. The van der Waals surface area contributed by atoms with Gasteiger partial charge in [-0.25, -0.2) is 0 Å². The van der Waals surface area contributed by atoms with Crippen molar-refractivity contribution < 1.29 is 9.53 Å². The predicted octanol–water partition coefficient (Wildman–Crippen LogP) is 1.19. The molecule has 0 aromatic heterocycles. The molecule has 0 spiro atoms. The number of rotatable bonds is 1. The van der Waals surface area contributed by atoms with E-state index < -0.39 is 0 Å². The van der Waals surface area contributed by atoms with Gasteiger partial charge in [-0.05, 0) is 18.8 Å². The Morgan fingerprint density at radius 3 is 2.69 bits per heavy atom. The lowest BCUT2D eigenvalue weighted by Gasteiger charge is -2.51. The highest BCUT2D eigenvalue weighted by Crippen LogP contribution is 2.41. The Morgan fingerprint density at radius 2 is 2.31 bits per heavy atom. The number of carbonyl (C=O) groups excluding carboxylic acids is 1. The average Bonchev–Trinajstić information content (AvgIpc) is 2.00. The van der Waals surface area contributed by atoms with Crippen LogP contribution < -0.4 is 0 Å². The van der Waals surface area contributed by atoms with E-state index in [0.717, 1.165) is 13.0 Å². The van der Waals surface area contributed by atoms with Gasteiger partial charge in [0.05, 0.1) is 0 Å². The van der Waals surface area contributed by atoms with Crippen molar-refractivity contribution >= 4 is 5.97 Å². The highest BCUT2D eigenvalue weighted by atomic mass is 16.6. The third kappa shape index (κ3) is 1.26. The van der Waals surface area contributed by atoms with Gasteiger partial charge in [0.25, 0.3) is 0 Å². The zero-order chi connectivity index (χ0) is 9.64. The van der Waals surface area contributed by atoms with Crippen LogP contribution >= 0.6 is 0 Å². The van der Waals surface area contributed by atoms with Crippen LogP contribution in [0.1, 0.15) is 27.2 Å². The monoisotopic (exact) mass is 182 g/mol. The molecule has 0 amide bonds. The smallest absolute Gasteiger partial charge is 0.324 e. The zero-order valence-corrected chi connectivity index (χ0v) is 8.41. The van der Waals surface area contributed by atoms with Crippen molar-refractivity contribution in [1.29, 1.82) is 0 Å². The molecule has 0 saturated carbocycles. The Balaban J connectivity index is 2.28. The topological polar surface area (TPSA) is 29.5 Å². The van der Waals surface area contributed by atoms with E-state index in [9.17, 15) is 4.79 Å². The van der Waals surface area contributed by atoms with Gasteiger partial charge < -0.3 is 4.74 Å². The quantitative estimate of drug-likeness (QED) is 0.570. The van der Waals surface area contributed by atoms with E-state index >= 15 is 0 Å². The van der Waals surface area contributed by atoms with Crippen molar-refractivity contribution in [3.8, 4) is 0 Å². The number of esters is 1. The van der Waals surface area contributed by atoms with Crippen LogP contribution in [0.25, 0.3) is 0 Å². The zero-order valence-electron chi connectivity index (χ0n) is 8.41. The lowest BCUT2D eigenvalue weighted by atomic mass is 9.73. The van der Waals surface area contributed by atoms with Gasteiger partial charge in [0.2, 0.25) is 0 Å². The molecule has 2 unspecified atom stereocenters. The maximum absolute atomic E-state index is 11.6. The van der Waals surface area contributed by atoms with E-state index in [1.54, 1.807) is 0 Å². The molecule has 3 aliphatic heterocycles. The number of carbonyl (C=O) groups is 1. The normalized spacial score (nSPS) is 37.6. The van der Waals surface area contributed by atoms with Gasteiger partial charge in [0, 0.05) is 13.1 Å². The Morgan fingerprint density at radius 1 is 1.62 bits per heavy atom. The molecule has 13 heavy (non-hydrogen) atoms. The fourth-order valence-corrected chi connectivity index (χ4v) is 2.57. The van der Waals surface area contributed by atoms with Crippen molar-refractivity contribution in [2.45, 2.75) is 39.3 Å². The van der Waals surface area contributed by atoms with Crippen LogP contribution in [0.5, 0.6) is 0 Å². The molecule has 1 radical (unpaired) electrons. The fourth-order valence-electron chi connectivity index (χ4n) is 2.57. The van der Waals surface area contributed by atoms with Crippen LogP contribution in [0.2, 0.25) is 0 Å². The van der Waals surface area contributed by atoms with E-state index in [2.05, 4.69) is 18.7 Å². The van der Waals surface area contributed by atoms with E-state index in [0.29, 0.717) is 0 Å². The van der Waals surface area contributed by atoms with Crippen LogP contribution in [0.3, 0.4) is 0 Å². The molecule has 3 aliphatic rings. The lowest BCUT2D eigenvalue weighted by Crippen LogP contribution is -2.63. The molecular weight excluding hydrogens is 166 g/mol. The van der Waals surface area contributed by atoms with Crippen molar-refractivity contribution in [2.75, 3.05) is 6.54 Å². The highest BCUT2D eigenvalue weighted by molar-refractivity contribution is 5.79. The first kappa shape index (κ1) is 9.00. The van der Waals surface area contributed by atoms with E-state index in [1.165, 1.54) is 0 Å². The molecular formula is C10H16NO2. The highest BCUT2D eigenvalue weighted by Gasteiger charge is 2.51. The van der Waals surface area contributed by atoms with Crippen LogP contribution in [-0.2, 0) is 9.53 Å². The SMILES string of the molecule is C[CH]N1CC2CC(C)(C)C1C(=O)O2. The van der Waals surface area contributed by atoms with Crippen molar-refractivity contribution in [3.05, 3.63) is 6.54 Å². The summed E-state index contributed by atoms with van der Waals surface area (Å²) in [5, 5.41) is 0. The largest absolute Gasteiger partial charge is 0.460 e. The molecule has 0 aromatic rings. The summed E-state index contributed by atoms with van der Waals surface area (Å²) in [4.78, 5) is 13.7. The first-order chi connectivity index (χ1) is 6.04. The van der Waals surface area contributed by atoms with E-state index in [1.807, 2.05) is 13.5 Å². The number of fused-ring (bicyclic) bond motifs is 3. The maximum Gasteiger partial charge on any atom is 0.324 e. The van der Waals surface area contributed by atoms with Gasteiger partial charge >= 0.3 is 5.97 Å². The Kier molecular flexibility index (Phi) is 1.88. The average molecular weight is 182 g/mol. The first-order valence-electron chi connectivity index (χ1n) is 4.80. The van der Waals surface area contributed by atoms with Gasteiger partial charge in [-0.15, -0.1) is 0 Å². The van der Waals surface area contributed by atoms with Crippen LogP contribution in [0, 0.1) is 12.0 Å². The second-order valence-electron chi connectivity index (χ2n) is 4.61. The van der Waals surface area contributed by atoms with Gasteiger partial charge in [0.15, 0.2) is 0 Å². The van der Waals surface area contributed by atoms with Gasteiger partial charge in [-0.1, -0.05) is 13.8 Å². The summed E-state index contributed by atoms with van der Waals surface area (Å²) in [5.41, 5.74) is 0.0603. The van der Waals surface area contributed by atoms with E-state index in [-0.39, 0.29) is 23.5 Å². The maximum atomic E-state index is 11.6. The molecule has 3 heterocycles. The number of hydrogen-bond acceptors (Lipinski definition) is 3. The fraction of sp³-hybridized carbons (Fsp3) is 0.800. The number of piperidine rings is 1. The number of ether oxygens (including phenoxy) is 1. The molecule has 3 rings (SSSR count). The van der Waals surface area contributed by atoms with Gasteiger partial charge in [-0.2, -0.15) is 0 Å². The molecule has 0 aromatic carbocycles. The summed E-state index contributed by atoms with van der Waals surface area (Å²) in [6, 6.07) is -0.0671. The number of morpholine rings is 1. The second-order valence-corrected chi connectivity index (χ2v) is 4.61. The Labute approximate surface area is 79.0 Å². The van der Waals surface area contributed by atoms with Gasteiger partial charge in [-0.3, -0.25) is 9.69 Å². The molecule has 0 aliphatic carbocycles. The summed E-state index contributed by atoms with van der Waals surface area (Å²) < 4.78 is 5.25. The summed E-state index contributed by atoms with van der Waals surface area (Å²) in [5.74, 6) is -0.0504. The van der Waals surface area contributed by atoms with Crippen molar-refractivity contribution in [3.63, 3.8) is 0 Å². The number of nitrogens with zero attached hydrogens (tertiary/aromatic N) is 1. The number of hydrogen-bond donors (Lipinski definition) is 0. The molecule has 2 bridgehead atoms. The minimum Gasteiger partial charge on any atom is -0.460 e.